The summed E-state index contributed by atoms with van der Waals surface area (Å²) in [5, 5.41) is 2.49. The first-order valence-electron chi connectivity index (χ1n) is 2.85. The summed E-state index contributed by atoms with van der Waals surface area (Å²) in [4.78, 5) is 20.0. The molecule has 0 radical (unpaired) electrons. The lowest BCUT2D eigenvalue weighted by Gasteiger charge is -1.91. The van der Waals surface area contributed by atoms with E-state index in [1.807, 2.05) is 0 Å². The third kappa shape index (κ3) is 1.67. The minimum atomic E-state index is -0.635. The van der Waals surface area contributed by atoms with E-state index in [-0.39, 0.29) is 11.3 Å². The van der Waals surface area contributed by atoms with Gasteiger partial charge in [-0.25, -0.2) is 4.39 Å². The number of nitrogens with zero attached hydrogens (tertiary/aromatic N) is 1. The number of hydrogen-bond acceptors (Lipinski definition) is 3. The third-order valence-corrected chi connectivity index (χ3v) is 1.15. The van der Waals surface area contributed by atoms with E-state index in [4.69, 9.17) is 0 Å². The zero-order valence-corrected chi connectivity index (χ0v) is 5.45. The Kier molecular flexibility index (Phi) is 2.06. The number of hydrogen-bond donors (Lipinski definition) is 0. The highest BCUT2D eigenvalue weighted by Crippen LogP contribution is 2.14. The molecule has 0 aliphatic heterocycles. The van der Waals surface area contributed by atoms with Crippen LogP contribution in [0.15, 0.2) is 23.4 Å². The van der Waals surface area contributed by atoms with Crippen molar-refractivity contribution < 1.29 is 9.18 Å². The maximum atomic E-state index is 12.4. The lowest BCUT2D eigenvalue weighted by molar-refractivity contribution is 0.112. The summed E-state index contributed by atoms with van der Waals surface area (Å²) < 4.78 is 12.4. The van der Waals surface area contributed by atoms with Crippen LogP contribution < -0.4 is 0 Å². The highest BCUT2D eigenvalue weighted by molar-refractivity contribution is 5.76. The standard InChI is InChI=1S/C7H4FNO2/c8-6-1-5(4-10)2-7(3-6)9-11/h1-4H. The number of aldehydes is 1. The molecule has 0 aliphatic rings. The Balaban J connectivity index is 3.21. The van der Waals surface area contributed by atoms with E-state index in [2.05, 4.69) is 5.18 Å². The van der Waals surface area contributed by atoms with E-state index < -0.39 is 5.82 Å². The molecular formula is C7H4FNO2. The van der Waals surface area contributed by atoms with Gasteiger partial charge in [-0.2, -0.15) is 0 Å². The summed E-state index contributed by atoms with van der Waals surface area (Å²) in [7, 11) is 0. The smallest absolute Gasteiger partial charge is 0.150 e. The lowest BCUT2D eigenvalue weighted by Crippen LogP contribution is -1.81. The van der Waals surface area contributed by atoms with Crippen molar-refractivity contribution in [3.05, 3.63) is 34.5 Å². The Hall–Kier alpha value is -1.58. The van der Waals surface area contributed by atoms with Crippen LogP contribution in [0.3, 0.4) is 0 Å². The Morgan fingerprint density at radius 3 is 2.64 bits per heavy atom. The van der Waals surface area contributed by atoms with E-state index in [1.54, 1.807) is 0 Å². The molecule has 1 aromatic carbocycles. The highest BCUT2D eigenvalue weighted by Gasteiger charge is 1.98. The van der Waals surface area contributed by atoms with Crippen molar-refractivity contribution in [2.24, 2.45) is 5.18 Å². The molecule has 1 rings (SSSR count). The minimum Gasteiger partial charge on any atom is -0.298 e. The largest absolute Gasteiger partial charge is 0.298 e. The molecule has 0 heterocycles. The number of nitroso groups, excluding NO2 is 1. The molecule has 0 unspecified atom stereocenters. The van der Waals surface area contributed by atoms with Crippen molar-refractivity contribution >= 4 is 12.0 Å². The predicted octanol–water partition coefficient (Wildman–Crippen LogP) is 2.04. The monoisotopic (exact) mass is 153 g/mol. The van der Waals surface area contributed by atoms with Gasteiger partial charge >= 0.3 is 0 Å². The molecular weight excluding hydrogens is 149 g/mol. The van der Waals surface area contributed by atoms with Crippen LogP contribution in [0, 0.1) is 10.7 Å². The molecule has 0 bridgehead atoms. The van der Waals surface area contributed by atoms with Gasteiger partial charge in [-0.05, 0) is 17.3 Å². The van der Waals surface area contributed by atoms with Gasteiger partial charge in [-0.15, -0.1) is 4.91 Å². The van der Waals surface area contributed by atoms with Crippen LogP contribution in [0.5, 0.6) is 0 Å². The molecule has 1 aromatic rings. The molecule has 11 heavy (non-hydrogen) atoms. The van der Waals surface area contributed by atoms with Crippen LogP contribution in [-0.4, -0.2) is 6.29 Å². The Labute approximate surface area is 61.8 Å². The van der Waals surface area contributed by atoms with E-state index in [1.165, 1.54) is 6.07 Å². The molecule has 4 heteroatoms. The number of benzene rings is 1. The summed E-state index contributed by atoms with van der Waals surface area (Å²) in [6, 6.07) is 3.20. The summed E-state index contributed by atoms with van der Waals surface area (Å²) in [5.41, 5.74) is 0.0340. The Morgan fingerprint density at radius 2 is 2.09 bits per heavy atom. The van der Waals surface area contributed by atoms with Gasteiger partial charge < -0.3 is 0 Å². The van der Waals surface area contributed by atoms with Crippen molar-refractivity contribution in [2.45, 2.75) is 0 Å². The Morgan fingerprint density at radius 1 is 1.36 bits per heavy atom. The van der Waals surface area contributed by atoms with Gasteiger partial charge in [0.15, 0.2) is 0 Å². The van der Waals surface area contributed by atoms with Crippen LogP contribution in [0.25, 0.3) is 0 Å². The summed E-state index contributed by atoms with van der Waals surface area (Å²) >= 11 is 0. The van der Waals surface area contributed by atoms with Gasteiger partial charge in [-0.3, -0.25) is 4.79 Å². The van der Waals surface area contributed by atoms with E-state index >= 15 is 0 Å². The van der Waals surface area contributed by atoms with Gasteiger partial charge in [0.2, 0.25) is 0 Å². The molecule has 0 amide bonds. The van der Waals surface area contributed by atoms with Crippen LogP contribution in [-0.2, 0) is 0 Å². The molecule has 0 N–H and O–H groups in total. The van der Waals surface area contributed by atoms with Crippen LogP contribution in [0.1, 0.15) is 10.4 Å². The van der Waals surface area contributed by atoms with Crippen molar-refractivity contribution in [1.29, 1.82) is 0 Å². The van der Waals surface area contributed by atoms with Crippen LogP contribution >= 0.6 is 0 Å². The molecule has 56 valence electrons. The van der Waals surface area contributed by atoms with Gasteiger partial charge in [0, 0.05) is 11.6 Å². The first kappa shape index (κ1) is 7.53. The molecule has 0 aromatic heterocycles. The fraction of sp³-hybridized carbons (Fsp3) is 0. The number of carbonyl (C=O) groups is 1. The lowest BCUT2D eigenvalue weighted by atomic mass is 10.2. The van der Waals surface area contributed by atoms with E-state index in [0.717, 1.165) is 12.1 Å². The van der Waals surface area contributed by atoms with Crippen molar-refractivity contribution in [1.82, 2.24) is 0 Å². The summed E-state index contributed by atoms with van der Waals surface area (Å²) in [6.45, 7) is 0. The molecule has 3 nitrogen and oxygen atoms in total. The van der Waals surface area contributed by atoms with Gasteiger partial charge in [0.05, 0.1) is 0 Å². The van der Waals surface area contributed by atoms with Crippen LogP contribution in [0.4, 0.5) is 10.1 Å². The average molecular weight is 153 g/mol. The molecule has 0 saturated carbocycles. The maximum Gasteiger partial charge on any atom is 0.150 e. The van der Waals surface area contributed by atoms with Gasteiger partial charge in [0.1, 0.15) is 17.8 Å². The topological polar surface area (TPSA) is 46.5 Å². The minimum absolute atomic E-state index is 0.0768. The molecule has 0 atom stereocenters. The van der Waals surface area contributed by atoms with Crippen molar-refractivity contribution in [2.75, 3.05) is 0 Å². The molecule has 0 aliphatic carbocycles. The fourth-order valence-electron chi connectivity index (χ4n) is 0.717. The van der Waals surface area contributed by atoms with Gasteiger partial charge in [0.25, 0.3) is 0 Å². The second-order valence-electron chi connectivity index (χ2n) is 1.95. The normalized spacial score (nSPS) is 9.18. The first-order valence-corrected chi connectivity index (χ1v) is 2.85. The number of halogens is 1. The molecule has 0 spiro atoms. The predicted molar refractivity (Wildman–Crippen MR) is 37.2 cm³/mol. The zero-order valence-electron chi connectivity index (χ0n) is 5.45. The molecule has 0 fully saturated rings. The average Bonchev–Trinajstić information content (AvgIpc) is 2.03. The quantitative estimate of drug-likeness (QED) is 0.482. The zero-order chi connectivity index (χ0) is 8.27. The SMILES string of the molecule is O=Cc1cc(F)cc(N=O)c1. The Bertz CT molecular complexity index is 272. The number of rotatable bonds is 2. The van der Waals surface area contributed by atoms with Crippen LogP contribution in [0.2, 0.25) is 0 Å². The van der Waals surface area contributed by atoms with E-state index in [9.17, 15) is 14.1 Å². The summed E-state index contributed by atoms with van der Waals surface area (Å²) in [6.07, 6.45) is 0.456. The maximum absolute atomic E-state index is 12.4. The summed E-state index contributed by atoms with van der Waals surface area (Å²) in [5.74, 6) is -0.635. The number of carbonyl (C=O) groups excluding carboxylic acids is 1. The first-order chi connectivity index (χ1) is 5.26. The second kappa shape index (κ2) is 3.01. The van der Waals surface area contributed by atoms with Crippen molar-refractivity contribution in [3.8, 4) is 0 Å². The van der Waals surface area contributed by atoms with Crippen molar-refractivity contribution in [3.63, 3.8) is 0 Å². The van der Waals surface area contributed by atoms with E-state index in [0.29, 0.717) is 6.29 Å². The molecule has 0 saturated heterocycles. The fourth-order valence-corrected chi connectivity index (χ4v) is 0.717. The van der Waals surface area contributed by atoms with Gasteiger partial charge in [-0.1, -0.05) is 0 Å². The second-order valence-corrected chi connectivity index (χ2v) is 1.95. The highest BCUT2D eigenvalue weighted by atomic mass is 19.1. The third-order valence-electron chi connectivity index (χ3n) is 1.15.